The van der Waals surface area contributed by atoms with Gasteiger partial charge in [-0.1, -0.05) is 12.1 Å². The van der Waals surface area contributed by atoms with Gasteiger partial charge in [0.15, 0.2) is 5.43 Å². The standard InChI is InChI=1S/C16H10O5/c17-11-5-6-12-14(7-11)21-8-13(15(12)18)9-1-3-10(4-2-9)16(19)20/h1-8,17H,(H,19,20). The summed E-state index contributed by atoms with van der Waals surface area (Å²) in [6.45, 7) is 0. The maximum absolute atomic E-state index is 12.4. The molecule has 0 radical (unpaired) electrons. The van der Waals surface area contributed by atoms with Crippen LogP contribution in [0.1, 0.15) is 10.4 Å². The summed E-state index contributed by atoms with van der Waals surface area (Å²) in [5, 5.41) is 18.6. The van der Waals surface area contributed by atoms with Gasteiger partial charge in [-0.05, 0) is 29.8 Å². The molecule has 0 atom stereocenters. The molecule has 0 aliphatic carbocycles. The Hall–Kier alpha value is -3.08. The number of phenolic OH excluding ortho intramolecular Hbond substituents is 1. The summed E-state index contributed by atoms with van der Waals surface area (Å²) < 4.78 is 5.36. The topological polar surface area (TPSA) is 87.7 Å². The molecule has 0 aliphatic rings. The molecule has 2 N–H and O–H groups in total. The maximum Gasteiger partial charge on any atom is 0.335 e. The Kier molecular flexibility index (Phi) is 2.95. The lowest BCUT2D eigenvalue weighted by Gasteiger charge is -2.03. The van der Waals surface area contributed by atoms with Crippen LogP contribution in [0, 0.1) is 0 Å². The normalized spacial score (nSPS) is 10.7. The van der Waals surface area contributed by atoms with Gasteiger partial charge in [-0.3, -0.25) is 4.79 Å². The average Bonchev–Trinajstić information content (AvgIpc) is 2.47. The second-order valence-electron chi connectivity index (χ2n) is 4.54. The summed E-state index contributed by atoms with van der Waals surface area (Å²) in [7, 11) is 0. The molecule has 21 heavy (non-hydrogen) atoms. The van der Waals surface area contributed by atoms with Gasteiger partial charge in [0.25, 0.3) is 0 Å². The zero-order valence-electron chi connectivity index (χ0n) is 10.7. The lowest BCUT2D eigenvalue weighted by molar-refractivity contribution is 0.0697. The molecule has 5 heteroatoms. The monoisotopic (exact) mass is 282 g/mol. The van der Waals surface area contributed by atoms with E-state index in [0.717, 1.165) is 0 Å². The SMILES string of the molecule is O=C(O)c1ccc(-c2coc3cc(O)ccc3c2=O)cc1. The number of aromatic carboxylic acids is 1. The molecular formula is C16H10O5. The first kappa shape index (κ1) is 12.9. The van der Waals surface area contributed by atoms with Crippen molar-refractivity contribution >= 4 is 16.9 Å². The second-order valence-corrected chi connectivity index (χ2v) is 4.54. The number of aromatic hydroxyl groups is 1. The molecule has 2 aromatic carbocycles. The third-order valence-electron chi connectivity index (χ3n) is 3.20. The summed E-state index contributed by atoms with van der Waals surface area (Å²) in [5.74, 6) is -1.01. The largest absolute Gasteiger partial charge is 0.508 e. The first-order valence-corrected chi connectivity index (χ1v) is 6.14. The fourth-order valence-electron chi connectivity index (χ4n) is 2.11. The average molecular weight is 282 g/mol. The van der Waals surface area contributed by atoms with Gasteiger partial charge in [-0.2, -0.15) is 0 Å². The predicted octanol–water partition coefficient (Wildman–Crippen LogP) is 2.86. The second kappa shape index (κ2) is 4.79. The van der Waals surface area contributed by atoms with E-state index in [9.17, 15) is 14.7 Å². The van der Waals surface area contributed by atoms with Gasteiger partial charge in [0, 0.05) is 6.07 Å². The zero-order chi connectivity index (χ0) is 15.0. The van der Waals surface area contributed by atoms with E-state index in [1.54, 1.807) is 12.1 Å². The molecule has 0 aliphatic heterocycles. The zero-order valence-corrected chi connectivity index (χ0v) is 10.7. The highest BCUT2D eigenvalue weighted by molar-refractivity contribution is 5.88. The van der Waals surface area contributed by atoms with Gasteiger partial charge in [0.05, 0.1) is 16.5 Å². The molecule has 0 unspecified atom stereocenters. The summed E-state index contributed by atoms with van der Waals surface area (Å²) in [6, 6.07) is 10.2. The molecule has 0 amide bonds. The van der Waals surface area contributed by atoms with Gasteiger partial charge >= 0.3 is 5.97 Å². The van der Waals surface area contributed by atoms with Gasteiger partial charge in [-0.25, -0.2) is 4.79 Å². The van der Waals surface area contributed by atoms with Gasteiger partial charge in [0.2, 0.25) is 0 Å². The Morgan fingerprint density at radius 1 is 1.05 bits per heavy atom. The highest BCUT2D eigenvalue weighted by atomic mass is 16.4. The molecule has 0 saturated heterocycles. The predicted molar refractivity (Wildman–Crippen MR) is 76.5 cm³/mol. The minimum absolute atomic E-state index is 0.0178. The van der Waals surface area contributed by atoms with Crippen LogP contribution in [0.2, 0.25) is 0 Å². The van der Waals surface area contributed by atoms with Gasteiger partial charge in [0.1, 0.15) is 17.6 Å². The Morgan fingerprint density at radius 3 is 2.43 bits per heavy atom. The highest BCUT2D eigenvalue weighted by Crippen LogP contribution is 2.22. The Bertz CT molecular complexity index is 891. The molecule has 0 bridgehead atoms. The maximum atomic E-state index is 12.4. The van der Waals surface area contributed by atoms with Crippen molar-refractivity contribution < 1.29 is 19.4 Å². The van der Waals surface area contributed by atoms with Crippen LogP contribution in [0.5, 0.6) is 5.75 Å². The Labute approximate surface area is 118 Å². The van der Waals surface area contributed by atoms with E-state index in [4.69, 9.17) is 9.52 Å². The minimum atomic E-state index is -1.03. The van der Waals surface area contributed by atoms with E-state index in [2.05, 4.69) is 0 Å². The van der Waals surface area contributed by atoms with Crippen molar-refractivity contribution in [2.75, 3.05) is 0 Å². The van der Waals surface area contributed by atoms with Crippen LogP contribution in [0.25, 0.3) is 22.1 Å². The first-order chi connectivity index (χ1) is 10.1. The van der Waals surface area contributed by atoms with Crippen molar-refractivity contribution in [2.24, 2.45) is 0 Å². The number of rotatable bonds is 2. The number of carbonyl (C=O) groups is 1. The van der Waals surface area contributed by atoms with Crippen molar-refractivity contribution in [1.82, 2.24) is 0 Å². The molecule has 5 nitrogen and oxygen atoms in total. The van der Waals surface area contributed by atoms with Crippen molar-refractivity contribution in [3.8, 4) is 16.9 Å². The number of phenols is 1. The van der Waals surface area contributed by atoms with Crippen LogP contribution in [0.4, 0.5) is 0 Å². The molecule has 1 aromatic heterocycles. The number of benzene rings is 2. The molecule has 0 fully saturated rings. The lowest BCUT2D eigenvalue weighted by atomic mass is 10.0. The van der Waals surface area contributed by atoms with Crippen molar-refractivity contribution in [3.63, 3.8) is 0 Å². The number of carboxylic acid groups (broad SMARTS) is 1. The molecular weight excluding hydrogens is 272 g/mol. The highest BCUT2D eigenvalue weighted by Gasteiger charge is 2.10. The van der Waals surface area contributed by atoms with E-state index in [0.29, 0.717) is 22.1 Å². The summed E-state index contributed by atoms with van der Waals surface area (Å²) >= 11 is 0. The van der Waals surface area contributed by atoms with E-state index in [-0.39, 0.29) is 16.7 Å². The van der Waals surface area contributed by atoms with Crippen LogP contribution in [0.3, 0.4) is 0 Å². The minimum Gasteiger partial charge on any atom is -0.508 e. The number of hydrogen-bond donors (Lipinski definition) is 2. The van der Waals surface area contributed by atoms with E-state index in [1.165, 1.54) is 36.6 Å². The van der Waals surface area contributed by atoms with Crippen molar-refractivity contribution in [2.45, 2.75) is 0 Å². The van der Waals surface area contributed by atoms with E-state index >= 15 is 0 Å². The van der Waals surface area contributed by atoms with Gasteiger partial charge in [-0.15, -0.1) is 0 Å². The lowest BCUT2D eigenvalue weighted by Crippen LogP contribution is -2.05. The smallest absolute Gasteiger partial charge is 0.335 e. The van der Waals surface area contributed by atoms with Crippen LogP contribution >= 0.6 is 0 Å². The fraction of sp³-hybridized carbons (Fsp3) is 0. The van der Waals surface area contributed by atoms with E-state index < -0.39 is 5.97 Å². The number of hydrogen-bond acceptors (Lipinski definition) is 4. The molecule has 0 spiro atoms. The third-order valence-corrected chi connectivity index (χ3v) is 3.20. The van der Waals surface area contributed by atoms with Crippen LogP contribution in [0.15, 0.2) is 57.9 Å². The molecule has 0 saturated carbocycles. The van der Waals surface area contributed by atoms with Crippen molar-refractivity contribution in [3.05, 3.63) is 64.5 Å². The van der Waals surface area contributed by atoms with Gasteiger partial charge < -0.3 is 14.6 Å². The van der Waals surface area contributed by atoms with E-state index in [1.807, 2.05) is 0 Å². The Morgan fingerprint density at radius 2 is 1.76 bits per heavy atom. The Balaban J connectivity index is 2.16. The quantitative estimate of drug-likeness (QED) is 0.754. The third kappa shape index (κ3) is 2.25. The first-order valence-electron chi connectivity index (χ1n) is 6.14. The molecule has 3 aromatic rings. The molecule has 104 valence electrons. The van der Waals surface area contributed by atoms with Crippen LogP contribution in [-0.4, -0.2) is 16.2 Å². The molecule has 3 rings (SSSR count). The summed E-state index contributed by atoms with van der Waals surface area (Å²) in [5.41, 5.74) is 1.12. The summed E-state index contributed by atoms with van der Waals surface area (Å²) in [6.07, 6.45) is 1.31. The number of carboxylic acids is 1. The van der Waals surface area contributed by atoms with Crippen LogP contribution in [-0.2, 0) is 0 Å². The van der Waals surface area contributed by atoms with Crippen molar-refractivity contribution in [1.29, 1.82) is 0 Å². The van der Waals surface area contributed by atoms with Crippen LogP contribution < -0.4 is 5.43 Å². The summed E-state index contributed by atoms with van der Waals surface area (Å²) in [4.78, 5) is 23.2. The fourth-order valence-corrected chi connectivity index (χ4v) is 2.11. The molecule has 1 heterocycles. The number of fused-ring (bicyclic) bond motifs is 1.